The topological polar surface area (TPSA) is 249 Å². The van der Waals surface area contributed by atoms with Gasteiger partial charge in [-0.1, -0.05) is 0 Å². The van der Waals surface area contributed by atoms with Gasteiger partial charge >= 0.3 is 0 Å². The van der Waals surface area contributed by atoms with Crippen molar-refractivity contribution in [2.75, 3.05) is 14.2 Å². The number of methoxy groups -OCH3 is 2. The molecule has 2 atom stereocenters. The molecular formula is C32H26O14. The fourth-order valence-electron chi connectivity index (χ4n) is 6.43. The molecule has 14 heteroatoms. The maximum atomic E-state index is 13.0. The lowest BCUT2D eigenvalue weighted by molar-refractivity contribution is 0.0322. The summed E-state index contributed by atoms with van der Waals surface area (Å²) in [4.78, 5) is 51.9. The Kier molecular flexibility index (Phi) is 6.25. The number of aliphatic hydroxyl groups is 2. The maximum absolute atomic E-state index is 13.0. The van der Waals surface area contributed by atoms with Crippen molar-refractivity contribution >= 4 is 44.7 Å². The number of hydrogen-bond donors (Lipinski definition) is 8. The normalized spacial score (nSPS) is 21.1. The number of rotatable bonds is 3. The Labute approximate surface area is 257 Å². The number of carbonyl (C=O) groups is 4. The zero-order valence-electron chi connectivity index (χ0n) is 24.6. The van der Waals surface area contributed by atoms with Crippen LogP contribution < -0.4 is 9.47 Å². The van der Waals surface area contributed by atoms with Gasteiger partial charge in [-0.05, 0) is 26.0 Å². The van der Waals surface area contributed by atoms with Crippen LogP contribution in [0.5, 0.6) is 46.0 Å². The summed E-state index contributed by atoms with van der Waals surface area (Å²) >= 11 is 0. The number of Topliss-reactive ketones (excluding diaryl/α,β-unsaturated/α-hetero) is 4. The molecule has 4 aromatic carbocycles. The Morgan fingerprint density at radius 1 is 0.522 bits per heavy atom. The fourth-order valence-corrected chi connectivity index (χ4v) is 6.43. The van der Waals surface area contributed by atoms with Crippen LogP contribution in [-0.4, -0.2) is 89.4 Å². The van der Waals surface area contributed by atoms with Gasteiger partial charge < -0.3 is 50.3 Å². The number of phenolic OH excluding ortho intramolecular Hbond substituents is 6. The quantitative estimate of drug-likeness (QED) is 0.151. The van der Waals surface area contributed by atoms with Gasteiger partial charge in [0, 0.05) is 23.6 Å². The Hall–Kier alpha value is -5.60. The zero-order valence-corrected chi connectivity index (χ0v) is 24.6. The van der Waals surface area contributed by atoms with Crippen LogP contribution >= 0.6 is 0 Å². The van der Waals surface area contributed by atoms with E-state index >= 15 is 0 Å². The summed E-state index contributed by atoms with van der Waals surface area (Å²) in [6.45, 7) is 2.14. The number of phenols is 6. The summed E-state index contributed by atoms with van der Waals surface area (Å²) in [5.74, 6) is -9.93. The predicted octanol–water partition coefficient (Wildman–Crippen LogP) is 2.95. The highest BCUT2D eigenvalue weighted by molar-refractivity contribution is 6.27. The van der Waals surface area contributed by atoms with Crippen molar-refractivity contribution < 1.29 is 69.5 Å². The summed E-state index contributed by atoms with van der Waals surface area (Å²) in [5, 5.41) is 87.1. The van der Waals surface area contributed by atoms with E-state index in [2.05, 4.69) is 0 Å². The summed E-state index contributed by atoms with van der Waals surface area (Å²) in [7, 11) is 2.28. The van der Waals surface area contributed by atoms with Gasteiger partial charge in [-0.3, -0.25) is 19.2 Å². The SMILES string of the molecule is COc1cc2c(O)c3c(c(O)c2c(O)c1-c1c(OC)cc2c(O)c4c(c(O)c2c1O)C(=O)CC(C)(O)C4=O)C(=O)CC(C)(O)C3=O. The molecule has 4 aromatic rings. The second kappa shape index (κ2) is 9.45. The third-order valence-corrected chi connectivity index (χ3v) is 8.65. The Balaban J connectivity index is 1.76. The van der Waals surface area contributed by atoms with Crippen molar-refractivity contribution in [2.45, 2.75) is 37.9 Å². The number of ketones is 4. The van der Waals surface area contributed by atoms with Crippen molar-refractivity contribution in [3.05, 3.63) is 34.4 Å². The molecule has 2 unspecified atom stereocenters. The first-order valence-corrected chi connectivity index (χ1v) is 13.6. The average Bonchev–Trinajstić information content (AvgIpc) is 2.97. The minimum absolute atomic E-state index is 0.307. The summed E-state index contributed by atoms with van der Waals surface area (Å²) in [5.41, 5.74) is -7.88. The maximum Gasteiger partial charge on any atom is 0.199 e. The molecule has 0 aromatic heterocycles. The molecule has 2 aliphatic carbocycles. The van der Waals surface area contributed by atoms with E-state index in [9.17, 15) is 60.0 Å². The smallest absolute Gasteiger partial charge is 0.199 e. The van der Waals surface area contributed by atoms with Crippen LogP contribution in [0.4, 0.5) is 0 Å². The van der Waals surface area contributed by atoms with Crippen LogP contribution in [-0.2, 0) is 0 Å². The first-order valence-electron chi connectivity index (χ1n) is 13.6. The summed E-state index contributed by atoms with van der Waals surface area (Å²) < 4.78 is 10.8. The molecule has 0 radical (unpaired) electrons. The third kappa shape index (κ3) is 3.71. The zero-order chi connectivity index (χ0) is 33.9. The molecule has 0 saturated carbocycles. The molecule has 0 saturated heterocycles. The largest absolute Gasteiger partial charge is 0.507 e. The highest BCUT2D eigenvalue weighted by atomic mass is 16.5. The molecule has 6 rings (SSSR count). The summed E-state index contributed by atoms with van der Waals surface area (Å²) in [6.07, 6.45) is -1.46. The molecule has 0 fully saturated rings. The minimum Gasteiger partial charge on any atom is -0.507 e. The molecule has 238 valence electrons. The van der Waals surface area contributed by atoms with Crippen LogP contribution in [0.25, 0.3) is 32.7 Å². The predicted molar refractivity (Wildman–Crippen MR) is 158 cm³/mol. The van der Waals surface area contributed by atoms with Gasteiger partial charge in [0.25, 0.3) is 0 Å². The van der Waals surface area contributed by atoms with E-state index in [0.717, 1.165) is 40.2 Å². The number of hydrogen-bond acceptors (Lipinski definition) is 14. The molecule has 0 spiro atoms. The van der Waals surface area contributed by atoms with Gasteiger partial charge in [-0.2, -0.15) is 0 Å². The van der Waals surface area contributed by atoms with E-state index in [1.165, 1.54) is 0 Å². The van der Waals surface area contributed by atoms with E-state index < -0.39 is 126 Å². The number of fused-ring (bicyclic) bond motifs is 4. The fraction of sp³-hybridized carbons (Fsp3) is 0.250. The van der Waals surface area contributed by atoms with E-state index in [1.54, 1.807) is 0 Å². The number of carbonyl (C=O) groups excluding carboxylic acids is 4. The molecule has 0 bridgehead atoms. The molecule has 8 N–H and O–H groups in total. The minimum atomic E-state index is -2.19. The van der Waals surface area contributed by atoms with E-state index in [-0.39, 0.29) is 22.3 Å². The van der Waals surface area contributed by atoms with Crippen molar-refractivity contribution in [2.24, 2.45) is 0 Å². The lowest BCUT2D eigenvalue weighted by Crippen LogP contribution is -2.42. The lowest BCUT2D eigenvalue weighted by Gasteiger charge is -2.30. The van der Waals surface area contributed by atoms with Crippen LogP contribution in [0.2, 0.25) is 0 Å². The molecular weight excluding hydrogens is 608 g/mol. The number of benzene rings is 4. The van der Waals surface area contributed by atoms with Gasteiger partial charge in [0.1, 0.15) is 57.2 Å². The van der Waals surface area contributed by atoms with Crippen molar-refractivity contribution in [1.82, 2.24) is 0 Å². The van der Waals surface area contributed by atoms with Gasteiger partial charge in [0.15, 0.2) is 23.1 Å². The van der Waals surface area contributed by atoms with Crippen LogP contribution in [0.15, 0.2) is 12.1 Å². The highest BCUT2D eigenvalue weighted by Crippen LogP contribution is 2.59. The van der Waals surface area contributed by atoms with Gasteiger partial charge in [0.2, 0.25) is 0 Å². The first kappa shape index (κ1) is 30.4. The monoisotopic (exact) mass is 634 g/mol. The number of aromatic hydroxyl groups is 6. The molecule has 0 amide bonds. The molecule has 0 heterocycles. The van der Waals surface area contributed by atoms with Crippen LogP contribution in [0.1, 0.15) is 68.1 Å². The number of ether oxygens (including phenoxy) is 2. The van der Waals surface area contributed by atoms with Crippen LogP contribution in [0.3, 0.4) is 0 Å². The van der Waals surface area contributed by atoms with Gasteiger partial charge in [-0.15, -0.1) is 0 Å². The summed E-state index contributed by atoms with van der Waals surface area (Å²) in [6, 6.07) is 2.14. The van der Waals surface area contributed by atoms with Crippen molar-refractivity contribution in [1.29, 1.82) is 0 Å². The molecule has 0 aliphatic heterocycles. The second-order valence-electron chi connectivity index (χ2n) is 11.8. The Bertz CT molecular complexity index is 2000. The third-order valence-electron chi connectivity index (χ3n) is 8.65. The average molecular weight is 635 g/mol. The Morgan fingerprint density at radius 3 is 1.13 bits per heavy atom. The molecule has 2 aliphatic rings. The second-order valence-corrected chi connectivity index (χ2v) is 11.8. The Morgan fingerprint density at radius 2 is 0.826 bits per heavy atom. The van der Waals surface area contributed by atoms with Crippen molar-refractivity contribution in [3.63, 3.8) is 0 Å². The van der Waals surface area contributed by atoms with Crippen molar-refractivity contribution in [3.8, 4) is 57.1 Å². The van der Waals surface area contributed by atoms with E-state index in [0.29, 0.717) is 0 Å². The molecule has 14 nitrogen and oxygen atoms in total. The first-order chi connectivity index (χ1) is 21.4. The lowest BCUT2D eigenvalue weighted by atomic mass is 9.76. The van der Waals surface area contributed by atoms with E-state index in [4.69, 9.17) is 9.47 Å². The van der Waals surface area contributed by atoms with Gasteiger partial charge in [-0.25, -0.2) is 0 Å². The van der Waals surface area contributed by atoms with Crippen LogP contribution in [0, 0.1) is 0 Å². The molecule has 46 heavy (non-hydrogen) atoms. The van der Waals surface area contributed by atoms with E-state index in [1.807, 2.05) is 0 Å². The standard InChI is InChI=1S/C32H26O14/c1-31(43)7-11(33)17-21(29(31)41)23(35)9-5-13(45-3)19(27(39)15(9)25(17)37)20-14(46-4)6-10-16(28(20)40)26(38)18-12(34)8-32(2,44)30(42)22(18)24(10)36/h5-6,35-40,43-44H,7-8H2,1-4H3. The van der Waals surface area contributed by atoms with Gasteiger partial charge in [0.05, 0.1) is 58.4 Å². The highest BCUT2D eigenvalue weighted by Gasteiger charge is 2.47.